The van der Waals surface area contributed by atoms with Gasteiger partial charge in [0.15, 0.2) is 0 Å². The van der Waals surface area contributed by atoms with Gasteiger partial charge in [-0.1, -0.05) is 13.3 Å². The second-order valence-corrected chi connectivity index (χ2v) is 3.39. The van der Waals surface area contributed by atoms with Crippen LogP contribution in [0.25, 0.3) is 0 Å². The van der Waals surface area contributed by atoms with Crippen molar-refractivity contribution in [1.82, 2.24) is 5.32 Å². The molecule has 1 heterocycles. The predicted molar refractivity (Wildman–Crippen MR) is 40.8 cm³/mol. The van der Waals surface area contributed by atoms with E-state index in [2.05, 4.69) is 12.2 Å². The van der Waals surface area contributed by atoms with Gasteiger partial charge in [0.05, 0.1) is 0 Å². The predicted octanol–water partition coefficient (Wildman–Crippen LogP) is 1.73. The summed E-state index contributed by atoms with van der Waals surface area (Å²) < 4.78 is 13.4. The summed E-state index contributed by atoms with van der Waals surface area (Å²) in [5.74, 6) is 0.248. The van der Waals surface area contributed by atoms with Gasteiger partial charge in [0, 0.05) is 19.0 Å². The summed E-state index contributed by atoms with van der Waals surface area (Å²) in [5, 5.41) is 3.07. The first-order valence-corrected chi connectivity index (χ1v) is 4.06. The van der Waals surface area contributed by atoms with E-state index in [4.69, 9.17) is 0 Å². The molecule has 0 aromatic carbocycles. The molecule has 1 rings (SSSR count). The minimum absolute atomic E-state index is 0.248. The number of halogens is 1. The minimum Gasteiger partial charge on any atom is -0.313 e. The highest BCUT2D eigenvalue weighted by atomic mass is 19.1. The molecule has 60 valence electrons. The number of hydrogen-bond acceptors (Lipinski definition) is 1. The van der Waals surface area contributed by atoms with E-state index in [1.165, 1.54) is 0 Å². The van der Waals surface area contributed by atoms with E-state index in [-0.39, 0.29) is 5.92 Å². The maximum absolute atomic E-state index is 13.4. The lowest BCUT2D eigenvalue weighted by atomic mass is 9.91. The Hall–Kier alpha value is -0.110. The summed E-state index contributed by atoms with van der Waals surface area (Å²) in [6.07, 6.45) is 2.10. The highest BCUT2D eigenvalue weighted by Crippen LogP contribution is 2.28. The maximum Gasteiger partial charge on any atom is 0.124 e. The summed E-state index contributed by atoms with van der Waals surface area (Å²) in [7, 11) is 0. The van der Waals surface area contributed by atoms with Crippen LogP contribution < -0.4 is 5.32 Å². The summed E-state index contributed by atoms with van der Waals surface area (Å²) in [4.78, 5) is 0. The lowest BCUT2D eigenvalue weighted by Crippen LogP contribution is -2.28. The van der Waals surface area contributed by atoms with Crippen LogP contribution in [0.2, 0.25) is 0 Å². The standard InChI is InChI=1S/C8H16FN/c1-3-4-7-5-10-6-8(7,2)9/h7,10H,3-6H2,1-2H3. The Morgan fingerprint density at radius 2 is 2.40 bits per heavy atom. The van der Waals surface area contributed by atoms with E-state index < -0.39 is 5.67 Å². The number of rotatable bonds is 2. The molecular weight excluding hydrogens is 129 g/mol. The molecule has 0 spiro atoms. The van der Waals surface area contributed by atoms with Crippen molar-refractivity contribution in [3.63, 3.8) is 0 Å². The molecule has 0 amide bonds. The molecule has 1 nitrogen and oxygen atoms in total. The second kappa shape index (κ2) is 2.87. The third-order valence-corrected chi connectivity index (χ3v) is 2.35. The molecule has 1 aliphatic rings. The lowest BCUT2D eigenvalue weighted by molar-refractivity contribution is 0.145. The summed E-state index contributed by atoms with van der Waals surface area (Å²) in [6, 6.07) is 0. The van der Waals surface area contributed by atoms with Crippen molar-refractivity contribution in [2.75, 3.05) is 13.1 Å². The molecule has 2 heteroatoms. The van der Waals surface area contributed by atoms with Crippen LogP contribution in [-0.2, 0) is 0 Å². The molecule has 2 unspecified atom stereocenters. The van der Waals surface area contributed by atoms with Crippen LogP contribution in [0.15, 0.2) is 0 Å². The normalized spacial score (nSPS) is 40.5. The van der Waals surface area contributed by atoms with Crippen molar-refractivity contribution in [3.8, 4) is 0 Å². The monoisotopic (exact) mass is 145 g/mol. The van der Waals surface area contributed by atoms with Crippen molar-refractivity contribution in [2.45, 2.75) is 32.4 Å². The van der Waals surface area contributed by atoms with Gasteiger partial charge in [0.2, 0.25) is 0 Å². The summed E-state index contributed by atoms with van der Waals surface area (Å²) in [5.41, 5.74) is -0.948. The Labute approximate surface area is 62.0 Å². The highest BCUT2D eigenvalue weighted by molar-refractivity contribution is 4.91. The molecule has 1 N–H and O–H groups in total. The van der Waals surface area contributed by atoms with Gasteiger partial charge >= 0.3 is 0 Å². The van der Waals surface area contributed by atoms with Crippen LogP contribution in [-0.4, -0.2) is 18.8 Å². The molecule has 1 aliphatic heterocycles. The van der Waals surface area contributed by atoms with Crippen molar-refractivity contribution in [2.24, 2.45) is 5.92 Å². The Kier molecular flexibility index (Phi) is 2.29. The first-order valence-electron chi connectivity index (χ1n) is 4.06. The Morgan fingerprint density at radius 1 is 1.70 bits per heavy atom. The number of nitrogens with one attached hydrogen (secondary N) is 1. The van der Waals surface area contributed by atoms with Crippen LogP contribution in [0.3, 0.4) is 0 Å². The molecule has 1 saturated heterocycles. The third kappa shape index (κ3) is 1.48. The molecule has 1 fully saturated rings. The van der Waals surface area contributed by atoms with E-state index in [0.717, 1.165) is 19.4 Å². The maximum atomic E-state index is 13.4. The molecule has 0 aliphatic carbocycles. The first-order chi connectivity index (χ1) is 4.67. The zero-order chi connectivity index (χ0) is 7.61. The van der Waals surface area contributed by atoms with Crippen LogP contribution in [0, 0.1) is 5.92 Å². The lowest BCUT2D eigenvalue weighted by Gasteiger charge is -2.20. The fraction of sp³-hybridized carbons (Fsp3) is 1.00. The quantitative estimate of drug-likeness (QED) is 0.624. The zero-order valence-corrected chi connectivity index (χ0v) is 6.78. The Balaban J connectivity index is 2.43. The first kappa shape index (κ1) is 7.99. The van der Waals surface area contributed by atoms with Crippen molar-refractivity contribution >= 4 is 0 Å². The van der Waals surface area contributed by atoms with Gasteiger partial charge < -0.3 is 5.32 Å². The molecule has 0 saturated carbocycles. The van der Waals surface area contributed by atoms with Crippen LogP contribution in [0.5, 0.6) is 0 Å². The Morgan fingerprint density at radius 3 is 2.80 bits per heavy atom. The SMILES string of the molecule is CCCC1CNCC1(C)F. The van der Waals surface area contributed by atoms with Gasteiger partial charge in [-0.25, -0.2) is 4.39 Å². The fourth-order valence-electron chi connectivity index (χ4n) is 1.60. The average molecular weight is 145 g/mol. The molecule has 10 heavy (non-hydrogen) atoms. The van der Waals surface area contributed by atoms with Crippen LogP contribution in [0.1, 0.15) is 26.7 Å². The summed E-state index contributed by atoms with van der Waals surface area (Å²) in [6.45, 7) is 5.21. The third-order valence-electron chi connectivity index (χ3n) is 2.35. The van der Waals surface area contributed by atoms with Gasteiger partial charge in [0.25, 0.3) is 0 Å². The number of alkyl halides is 1. The van der Waals surface area contributed by atoms with Crippen molar-refractivity contribution in [1.29, 1.82) is 0 Å². The largest absolute Gasteiger partial charge is 0.313 e. The van der Waals surface area contributed by atoms with Crippen LogP contribution >= 0.6 is 0 Å². The van der Waals surface area contributed by atoms with Crippen molar-refractivity contribution in [3.05, 3.63) is 0 Å². The van der Waals surface area contributed by atoms with E-state index in [1.807, 2.05) is 0 Å². The molecule has 0 aromatic heterocycles. The van der Waals surface area contributed by atoms with E-state index in [1.54, 1.807) is 6.92 Å². The van der Waals surface area contributed by atoms with Gasteiger partial charge in [-0.2, -0.15) is 0 Å². The molecule has 0 bridgehead atoms. The average Bonchev–Trinajstić information content (AvgIpc) is 2.13. The van der Waals surface area contributed by atoms with E-state index in [0.29, 0.717) is 6.54 Å². The second-order valence-electron chi connectivity index (χ2n) is 3.39. The molecule has 2 atom stereocenters. The topological polar surface area (TPSA) is 12.0 Å². The molecular formula is C8H16FN. The van der Waals surface area contributed by atoms with Crippen molar-refractivity contribution < 1.29 is 4.39 Å². The van der Waals surface area contributed by atoms with Gasteiger partial charge in [0.1, 0.15) is 5.67 Å². The van der Waals surface area contributed by atoms with Gasteiger partial charge in [-0.05, 0) is 13.3 Å². The Bertz CT molecular complexity index is 112. The van der Waals surface area contributed by atoms with E-state index in [9.17, 15) is 4.39 Å². The molecule has 0 aromatic rings. The number of hydrogen-bond donors (Lipinski definition) is 1. The highest BCUT2D eigenvalue weighted by Gasteiger charge is 2.37. The summed E-state index contributed by atoms with van der Waals surface area (Å²) >= 11 is 0. The smallest absolute Gasteiger partial charge is 0.124 e. The van der Waals surface area contributed by atoms with E-state index >= 15 is 0 Å². The van der Waals surface area contributed by atoms with Crippen LogP contribution in [0.4, 0.5) is 4.39 Å². The molecule has 0 radical (unpaired) electrons. The minimum atomic E-state index is -0.948. The van der Waals surface area contributed by atoms with Gasteiger partial charge in [-0.15, -0.1) is 0 Å². The zero-order valence-electron chi connectivity index (χ0n) is 6.78. The van der Waals surface area contributed by atoms with Gasteiger partial charge in [-0.3, -0.25) is 0 Å². The fourth-order valence-corrected chi connectivity index (χ4v) is 1.60.